The number of aromatic nitrogens is 3. The van der Waals surface area contributed by atoms with Crippen molar-refractivity contribution < 1.29 is 18.1 Å². The molecule has 30 heavy (non-hydrogen) atoms. The molecule has 2 heterocycles. The van der Waals surface area contributed by atoms with Crippen LogP contribution in [-0.2, 0) is 9.92 Å². The summed E-state index contributed by atoms with van der Waals surface area (Å²) < 4.78 is 43.0. The predicted octanol–water partition coefficient (Wildman–Crippen LogP) is 3.03. The molecule has 14 heteroatoms. The summed E-state index contributed by atoms with van der Waals surface area (Å²) in [5, 5.41) is 6.34. The van der Waals surface area contributed by atoms with Crippen molar-refractivity contribution in [3.63, 3.8) is 0 Å². The van der Waals surface area contributed by atoms with Crippen LogP contribution in [0.3, 0.4) is 0 Å². The summed E-state index contributed by atoms with van der Waals surface area (Å²) >= 11 is 5.92. The molecule has 0 spiro atoms. The zero-order valence-corrected chi connectivity index (χ0v) is 19.2. The van der Waals surface area contributed by atoms with Crippen LogP contribution in [0.25, 0.3) is 11.1 Å². The Morgan fingerprint density at radius 2 is 2.13 bits per heavy atom. The third-order valence-electron chi connectivity index (χ3n) is 3.79. The average Bonchev–Trinajstić information content (AvgIpc) is 3.02. The first-order valence-corrected chi connectivity index (χ1v) is 11.1. The van der Waals surface area contributed by atoms with Gasteiger partial charge in [-0.05, 0) is 38.5 Å². The minimum atomic E-state index is -3.85. The number of methoxy groups -OCH3 is 1. The second-order valence-electron chi connectivity index (χ2n) is 5.88. The molecule has 3 rings (SSSR count). The maximum absolute atomic E-state index is 14.1. The molecular formula is C16H16ClFN6O3P2S. The molecule has 158 valence electrons. The minimum absolute atomic E-state index is 0.0385. The monoisotopic (exact) mass is 488 g/mol. The van der Waals surface area contributed by atoms with E-state index in [-0.39, 0.29) is 15.7 Å². The lowest BCUT2D eigenvalue weighted by Crippen LogP contribution is -2.35. The van der Waals surface area contributed by atoms with E-state index in [1.54, 1.807) is 12.1 Å². The van der Waals surface area contributed by atoms with Crippen LogP contribution in [0.4, 0.5) is 14.9 Å². The van der Waals surface area contributed by atoms with Crippen LogP contribution < -0.4 is 20.1 Å². The predicted molar refractivity (Wildman–Crippen MR) is 119 cm³/mol. The van der Waals surface area contributed by atoms with Gasteiger partial charge in [-0.3, -0.25) is 4.45 Å². The topological polar surface area (TPSA) is 122 Å². The van der Waals surface area contributed by atoms with Crippen LogP contribution in [0, 0.1) is 10.6 Å². The van der Waals surface area contributed by atoms with E-state index in [2.05, 4.69) is 38.8 Å². The Kier molecular flexibility index (Phi) is 6.57. The van der Waals surface area contributed by atoms with E-state index in [1.165, 1.54) is 36.1 Å². The van der Waals surface area contributed by atoms with Gasteiger partial charge in [0.2, 0.25) is 5.88 Å². The third kappa shape index (κ3) is 4.87. The quantitative estimate of drug-likeness (QED) is 0.477. The van der Waals surface area contributed by atoms with Crippen molar-refractivity contribution in [3.8, 4) is 17.0 Å². The molecular weight excluding hydrogens is 473 g/mol. The number of amides is 2. The van der Waals surface area contributed by atoms with Gasteiger partial charge < -0.3 is 10.1 Å². The van der Waals surface area contributed by atoms with E-state index >= 15 is 0 Å². The maximum Gasteiger partial charge on any atom is 0.332 e. The Balaban J connectivity index is 1.94. The van der Waals surface area contributed by atoms with Gasteiger partial charge in [0.1, 0.15) is 5.82 Å². The smallest absolute Gasteiger partial charge is 0.332 e. The number of nitrogens with one attached hydrogen (secondary N) is 3. The first kappa shape index (κ1) is 22.4. The van der Waals surface area contributed by atoms with E-state index in [9.17, 15) is 13.4 Å². The Hall–Kier alpha value is -2.32. The Morgan fingerprint density at radius 3 is 2.77 bits per heavy atom. The standard InChI is InChI=1S/C16H16ClFN6O3P2S/c1-27-13-4-8(2-3-20-13)10-5-9(18)6-12(28)14(10)21-16(25)23-30(19,26)15-11(17)7-24(29)22-15/h2-7H,28-29H2,1H3,(H3,19,21,23,25,26). The summed E-state index contributed by atoms with van der Waals surface area (Å²) in [5.41, 5.74) is 1.08. The largest absolute Gasteiger partial charge is 0.481 e. The van der Waals surface area contributed by atoms with E-state index in [1.807, 2.05) is 0 Å². The lowest BCUT2D eigenvalue weighted by molar-refractivity contribution is 0.257. The summed E-state index contributed by atoms with van der Waals surface area (Å²) in [5.74, 6) is -0.229. The number of halogens is 2. The first-order valence-electron chi connectivity index (χ1n) is 8.08. The van der Waals surface area contributed by atoms with Crippen LogP contribution in [-0.4, -0.2) is 31.9 Å². The van der Waals surface area contributed by atoms with Crippen molar-refractivity contribution in [2.45, 2.75) is 5.03 Å². The molecule has 0 saturated carbocycles. The second kappa shape index (κ2) is 8.81. The normalized spacial score (nSPS) is 12.8. The van der Waals surface area contributed by atoms with Gasteiger partial charge in [0, 0.05) is 24.0 Å². The number of carbonyl (C=O) groups is 1. The highest BCUT2D eigenvalue weighted by Crippen LogP contribution is 2.30. The summed E-state index contributed by atoms with van der Waals surface area (Å²) in [4.78, 5) is 16.5. The molecule has 0 aliphatic heterocycles. The van der Waals surface area contributed by atoms with Gasteiger partial charge in [-0.1, -0.05) is 11.6 Å². The summed E-state index contributed by atoms with van der Waals surface area (Å²) in [7, 11) is 2.10. The number of hydrogen-bond donors (Lipinski definition) is 3. The van der Waals surface area contributed by atoms with E-state index in [4.69, 9.17) is 21.1 Å². The van der Waals surface area contributed by atoms with Crippen molar-refractivity contribution >= 4 is 57.2 Å². The molecule has 9 nitrogen and oxygen atoms in total. The van der Waals surface area contributed by atoms with Gasteiger partial charge in [0.05, 0.1) is 17.8 Å². The van der Waals surface area contributed by atoms with E-state index in [0.717, 1.165) is 0 Å². The molecule has 3 atom stereocenters. The fourth-order valence-corrected chi connectivity index (χ4v) is 4.79. The van der Waals surface area contributed by atoms with Crippen molar-refractivity contribution in [3.05, 3.63) is 47.5 Å². The Bertz CT molecular complexity index is 1240. The van der Waals surface area contributed by atoms with Crippen LogP contribution in [0.5, 0.6) is 5.88 Å². The average molecular weight is 489 g/mol. The SMILES string of the molecule is COc1cc(-c2cc(F)cc(P)c2NC(=O)NS(=N)(=O)c2nn(P)cc2Cl)ccn1. The fourth-order valence-electron chi connectivity index (χ4n) is 2.55. The highest BCUT2D eigenvalue weighted by atomic mass is 35.5. The molecule has 1 aromatic carbocycles. The van der Waals surface area contributed by atoms with Gasteiger partial charge in [0.15, 0.2) is 14.9 Å². The van der Waals surface area contributed by atoms with Gasteiger partial charge in [-0.2, -0.15) is 5.10 Å². The van der Waals surface area contributed by atoms with Crippen molar-refractivity contribution in [1.29, 1.82) is 4.78 Å². The second-order valence-corrected chi connectivity index (χ2v) is 9.14. The zero-order valence-electron chi connectivity index (χ0n) is 15.3. The molecule has 0 radical (unpaired) electrons. The Morgan fingerprint density at radius 1 is 1.40 bits per heavy atom. The molecule has 3 unspecified atom stereocenters. The van der Waals surface area contributed by atoms with Gasteiger partial charge in [0.25, 0.3) is 0 Å². The molecule has 0 bridgehead atoms. The number of ether oxygens (including phenoxy) is 1. The molecule has 0 fully saturated rings. The highest BCUT2D eigenvalue weighted by Gasteiger charge is 2.22. The van der Waals surface area contributed by atoms with Gasteiger partial charge in [-0.25, -0.2) is 27.9 Å². The molecule has 0 saturated heterocycles. The van der Waals surface area contributed by atoms with Crippen LogP contribution in [0.15, 0.2) is 41.7 Å². The first-order chi connectivity index (χ1) is 14.1. The molecule has 3 aromatic rings. The zero-order chi connectivity index (χ0) is 22.1. The molecule has 2 aromatic heterocycles. The number of carbonyl (C=O) groups excluding carboxylic acids is 1. The van der Waals surface area contributed by atoms with E-state index in [0.29, 0.717) is 22.3 Å². The van der Waals surface area contributed by atoms with Crippen LogP contribution in [0.2, 0.25) is 5.02 Å². The lowest BCUT2D eigenvalue weighted by atomic mass is 10.0. The summed E-state index contributed by atoms with van der Waals surface area (Å²) in [6, 6.07) is 4.65. The number of anilines is 1. The minimum Gasteiger partial charge on any atom is -0.481 e. The third-order valence-corrected chi connectivity index (χ3v) is 6.22. The van der Waals surface area contributed by atoms with E-state index < -0.39 is 21.8 Å². The summed E-state index contributed by atoms with van der Waals surface area (Å²) in [6.45, 7) is 0. The summed E-state index contributed by atoms with van der Waals surface area (Å²) in [6.07, 6.45) is 2.80. The number of rotatable bonds is 5. The lowest BCUT2D eigenvalue weighted by Gasteiger charge is -2.16. The number of pyridine rings is 1. The van der Waals surface area contributed by atoms with Gasteiger partial charge >= 0.3 is 6.03 Å². The van der Waals surface area contributed by atoms with Crippen molar-refractivity contribution in [2.75, 3.05) is 12.4 Å². The Labute approximate surface area is 181 Å². The maximum atomic E-state index is 14.1. The molecule has 3 N–H and O–H groups in total. The molecule has 0 aliphatic carbocycles. The van der Waals surface area contributed by atoms with Crippen LogP contribution >= 0.6 is 30.2 Å². The molecule has 2 amide bonds. The van der Waals surface area contributed by atoms with Crippen molar-refractivity contribution in [2.24, 2.45) is 0 Å². The number of urea groups is 1. The fraction of sp³-hybridized carbons (Fsp3) is 0.0625. The number of nitrogens with zero attached hydrogens (tertiary/aromatic N) is 3. The van der Waals surface area contributed by atoms with Crippen LogP contribution in [0.1, 0.15) is 0 Å². The molecule has 0 aliphatic rings. The van der Waals surface area contributed by atoms with Gasteiger partial charge in [-0.15, -0.1) is 9.24 Å². The number of hydrogen-bond acceptors (Lipinski definition) is 6. The number of benzene rings is 1. The van der Waals surface area contributed by atoms with Crippen molar-refractivity contribution in [1.82, 2.24) is 19.3 Å². The highest BCUT2D eigenvalue weighted by molar-refractivity contribution is 7.91.